The molecule has 3 aromatic carbocycles. The van der Waals surface area contributed by atoms with E-state index < -0.39 is 0 Å². The highest BCUT2D eigenvalue weighted by Gasteiger charge is 2.20. The smallest absolute Gasteiger partial charge is 0.321 e. The van der Waals surface area contributed by atoms with Gasteiger partial charge in [0, 0.05) is 54.0 Å². The number of nitriles is 1. The summed E-state index contributed by atoms with van der Waals surface area (Å²) in [5.41, 5.74) is 3.44. The average molecular weight is 655 g/mol. The Bertz CT molecular complexity index is 1750. The van der Waals surface area contributed by atoms with Crippen molar-refractivity contribution < 1.29 is 9.59 Å². The predicted molar refractivity (Wildman–Crippen MR) is 186 cm³/mol. The lowest BCUT2D eigenvalue weighted by atomic mass is 10.1. The van der Waals surface area contributed by atoms with Gasteiger partial charge in [0.25, 0.3) is 5.91 Å². The zero-order chi connectivity index (χ0) is 31.6. The number of hydrogen-bond acceptors (Lipinski definition) is 7. The summed E-state index contributed by atoms with van der Waals surface area (Å²) in [5.74, 6) is 2.33. The van der Waals surface area contributed by atoms with Gasteiger partial charge in [-0.3, -0.25) is 4.79 Å². The number of thioether (sulfide) groups is 2. The third kappa shape index (κ3) is 8.48. The number of rotatable bonds is 7. The van der Waals surface area contributed by atoms with Gasteiger partial charge in [-0.2, -0.15) is 17.0 Å². The fraction of sp³-hybridized carbons (Fsp3) is 0.235. The average Bonchev–Trinajstić information content (AvgIpc) is 3.72. The highest BCUT2D eigenvalue weighted by atomic mass is 32.2. The zero-order valence-corrected chi connectivity index (χ0v) is 27.6. The Balaban J connectivity index is 0.000000200. The maximum absolute atomic E-state index is 12.6. The van der Waals surface area contributed by atoms with Gasteiger partial charge in [0.15, 0.2) is 0 Å². The number of aromatic nitrogens is 2. The summed E-state index contributed by atoms with van der Waals surface area (Å²) in [4.78, 5) is 34.6. The van der Waals surface area contributed by atoms with Crippen LogP contribution in [0.3, 0.4) is 0 Å². The molecule has 3 amide bonds. The van der Waals surface area contributed by atoms with Crippen LogP contribution >= 0.6 is 34.9 Å². The van der Waals surface area contributed by atoms with Crippen molar-refractivity contribution in [1.29, 1.82) is 5.26 Å². The first-order chi connectivity index (χ1) is 21.9. The number of nitrogens with one attached hydrogen (secondary N) is 1. The van der Waals surface area contributed by atoms with Gasteiger partial charge in [0.05, 0.1) is 40.8 Å². The van der Waals surface area contributed by atoms with Gasteiger partial charge in [0.1, 0.15) is 0 Å². The fourth-order valence-corrected chi connectivity index (χ4v) is 7.27. The summed E-state index contributed by atoms with van der Waals surface area (Å²) >= 11 is 5.12. The molecule has 3 heterocycles. The monoisotopic (exact) mass is 654 g/mol. The van der Waals surface area contributed by atoms with Crippen LogP contribution in [0.25, 0.3) is 10.1 Å². The summed E-state index contributed by atoms with van der Waals surface area (Å²) in [5, 5.41) is 13.0. The predicted octanol–water partition coefficient (Wildman–Crippen LogP) is 7.28. The fourth-order valence-electron chi connectivity index (χ4n) is 4.79. The van der Waals surface area contributed by atoms with E-state index in [0.29, 0.717) is 18.7 Å². The quantitative estimate of drug-likeness (QED) is 0.186. The second-order valence-corrected chi connectivity index (χ2v) is 13.5. The first-order valence-electron chi connectivity index (χ1n) is 14.4. The lowest BCUT2D eigenvalue weighted by Crippen LogP contribution is -2.37. The molecule has 1 saturated heterocycles. The number of urea groups is 1. The molecule has 1 aliphatic heterocycles. The van der Waals surface area contributed by atoms with E-state index in [1.54, 1.807) is 59.7 Å². The second kappa shape index (κ2) is 15.7. The van der Waals surface area contributed by atoms with Crippen molar-refractivity contribution in [3.05, 3.63) is 113 Å². The van der Waals surface area contributed by atoms with Crippen molar-refractivity contribution >= 4 is 62.6 Å². The number of carbonyl (C=O) groups excluding carboxylic acids is 2. The molecule has 45 heavy (non-hydrogen) atoms. The maximum Gasteiger partial charge on any atom is 0.321 e. The van der Waals surface area contributed by atoms with Crippen LogP contribution in [0.2, 0.25) is 0 Å². The van der Waals surface area contributed by atoms with Crippen molar-refractivity contribution in [3.8, 4) is 6.07 Å². The van der Waals surface area contributed by atoms with E-state index in [1.165, 1.54) is 10.1 Å². The number of hydrogen-bond donors (Lipinski definition) is 1. The topological polar surface area (TPSA) is 94.3 Å². The van der Waals surface area contributed by atoms with Gasteiger partial charge in [-0.25, -0.2) is 9.78 Å². The summed E-state index contributed by atoms with van der Waals surface area (Å²) in [7, 11) is 1.76. The highest BCUT2D eigenvalue weighted by molar-refractivity contribution is 7.99. The molecule has 0 aliphatic carbocycles. The van der Waals surface area contributed by atoms with E-state index in [9.17, 15) is 9.59 Å². The summed E-state index contributed by atoms with van der Waals surface area (Å²) in [6.45, 7) is 2.84. The van der Waals surface area contributed by atoms with Crippen LogP contribution in [0, 0.1) is 11.3 Å². The zero-order valence-electron chi connectivity index (χ0n) is 25.2. The van der Waals surface area contributed by atoms with Gasteiger partial charge >= 0.3 is 6.03 Å². The Morgan fingerprint density at radius 3 is 2.51 bits per heavy atom. The van der Waals surface area contributed by atoms with Crippen LogP contribution in [0.1, 0.15) is 26.5 Å². The van der Waals surface area contributed by atoms with Gasteiger partial charge < -0.3 is 19.7 Å². The molecule has 0 saturated carbocycles. The van der Waals surface area contributed by atoms with Gasteiger partial charge in [-0.1, -0.05) is 42.5 Å². The minimum Gasteiger partial charge on any atom is -0.336 e. The van der Waals surface area contributed by atoms with Crippen LogP contribution in [-0.2, 0) is 13.1 Å². The first-order valence-corrected chi connectivity index (χ1v) is 17.6. The second-order valence-electron chi connectivity index (χ2n) is 10.4. The van der Waals surface area contributed by atoms with Crippen LogP contribution in [-0.4, -0.2) is 69.2 Å². The summed E-state index contributed by atoms with van der Waals surface area (Å²) in [6.07, 6.45) is 5.50. The number of imidazole rings is 1. The molecular formula is C34H34N6O2S3. The van der Waals surface area contributed by atoms with Crippen molar-refractivity contribution in [2.45, 2.75) is 18.0 Å². The number of fused-ring (bicyclic) bond motifs is 1. The Morgan fingerprint density at radius 1 is 1.04 bits per heavy atom. The molecule has 2 aromatic heterocycles. The van der Waals surface area contributed by atoms with E-state index >= 15 is 0 Å². The van der Waals surface area contributed by atoms with E-state index in [1.807, 2.05) is 82.1 Å². The number of benzene rings is 3. The Morgan fingerprint density at radius 2 is 1.78 bits per heavy atom. The van der Waals surface area contributed by atoms with Crippen LogP contribution in [0.4, 0.5) is 10.5 Å². The molecule has 0 radical (unpaired) electrons. The Labute approximate surface area is 276 Å². The minimum absolute atomic E-state index is 0.173. The molecule has 0 bridgehead atoms. The Hall–Kier alpha value is -4.24. The summed E-state index contributed by atoms with van der Waals surface area (Å²) < 4.78 is 3.20. The molecule has 0 spiro atoms. The molecule has 6 rings (SSSR count). The molecule has 0 unspecified atom stereocenters. The van der Waals surface area contributed by atoms with Crippen molar-refractivity contribution in [2.75, 3.05) is 43.2 Å². The lowest BCUT2D eigenvalue weighted by Gasteiger charge is -2.25. The van der Waals surface area contributed by atoms with Crippen LogP contribution < -0.4 is 5.32 Å². The molecule has 8 nitrogen and oxygen atoms in total. The highest BCUT2D eigenvalue weighted by Crippen LogP contribution is 2.27. The van der Waals surface area contributed by atoms with Crippen LogP contribution in [0.15, 0.2) is 96.3 Å². The van der Waals surface area contributed by atoms with E-state index in [-0.39, 0.29) is 11.9 Å². The normalized spacial score (nSPS) is 12.6. The first kappa shape index (κ1) is 32.2. The molecule has 1 N–H and O–H groups in total. The summed E-state index contributed by atoms with van der Waals surface area (Å²) in [6, 6.07) is 27.3. The van der Waals surface area contributed by atoms with E-state index in [2.05, 4.69) is 28.5 Å². The number of thiophene rings is 1. The third-order valence-electron chi connectivity index (χ3n) is 7.26. The number of amides is 3. The SMILES string of the molecule is CSc1ccccc1NC(=O)N(C)Cc1cncn1Cc1ccc(C#N)cc1.O=C(c1cc2ccccc2s1)N1CCSCC1. The van der Waals surface area contributed by atoms with E-state index in [4.69, 9.17) is 5.26 Å². The molecule has 5 aromatic rings. The van der Waals surface area contributed by atoms with Crippen molar-refractivity contribution in [1.82, 2.24) is 19.4 Å². The number of para-hydroxylation sites is 1. The standard InChI is InChI=1S/C21H21N5OS.C13H13NOS2/c1-25(21(27)24-19-5-3-4-6-20(19)28-2)14-18-12-23-15-26(18)13-17-9-7-16(11-22)8-10-17;15-13(14-5-7-16-8-6-14)12-9-10-3-1-2-4-11(10)17-12/h3-10,12,15H,13-14H2,1-2H3,(H,24,27);1-4,9H,5-8H2. The molecule has 1 aliphatic rings. The molecule has 1 fully saturated rings. The molecule has 230 valence electrons. The number of carbonyl (C=O) groups is 2. The number of nitrogens with zero attached hydrogens (tertiary/aromatic N) is 5. The van der Waals surface area contributed by atoms with Gasteiger partial charge in [0.2, 0.25) is 0 Å². The maximum atomic E-state index is 12.6. The van der Waals surface area contributed by atoms with Crippen molar-refractivity contribution in [2.24, 2.45) is 0 Å². The lowest BCUT2D eigenvalue weighted by molar-refractivity contribution is 0.0777. The minimum atomic E-state index is -0.173. The van der Waals surface area contributed by atoms with Gasteiger partial charge in [-0.05, 0) is 53.6 Å². The third-order valence-corrected chi connectivity index (χ3v) is 10.1. The molecule has 0 atom stereocenters. The molecular weight excluding hydrogens is 621 g/mol. The number of anilines is 1. The van der Waals surface area contributed by atoms with E-state index in [0.717, 1.165) is 51.3 Å². The van der Waals surface area contributed by atoms with Gasteiger partial charge in [-0.15, -0.1) is 23.1 Å². The van der Waals surface area contributed by atoms with Crippen LogP contribution in [0.5, 0.6) is 0 Å². The van der Waals surface area contributed by atoms with Crippen molar-refractivity contribution in [3.63, 3.8) is 0 Å². The largest absolute Gasteiger partial charge is 0.336 e. The Kier molecular flexibility index (Phi) is 11.2. The molecule has 11 heteroatoms.